The largest absolute Gasteiger partial charge is 0.507 e. The summed E-state index contributed by atoms with van der Waals surface area (Å²) in [7, 11) is 6.98. The number of hydrogen-bond donors (Lipinski definition) is 1. The van der Waals surface area contributed by atoms with Crippen molar-refractivity contribution in [3.05, 3.63) is 59.2 Å². The minimum absolute atomic E-state index is 0.0525. The Morgan fingerprint density at radius 2 is 1.69 bits per heavy atom. The zero-order valence-corrected chi connectivity index (χ0v) is 21.7. The van der Waals surface area contributed by atoms with Gasteiger partial charge in [-0.05, 0) is 75.4 Å². The number of carbonyl (C=O) groups is 2. The van der Waals surface area contributed by atoms with E-state index in [0.717, 1.165) is 19.4 Å². The van der Waals surface area contributed by atoms with Crippen LogP contribution in [0.2, 0.25) is 0 Å². The zero-order chi connectivity index (χ0) is 26.2. The average Bonchev–Trinajstić information content (AvgIpc) is 3.13. The number of amides is 1. The molecule has 2 aromatic rings. The molecule has 1 atom stereocenters. The van der Waals surface area contributed by atoms with Crippen LogP contribution < -0.4 is 14.2 Å². The molecule has 8 nitrogen and oxygen atoms in total. The molecular formula is C28H36N2O6. The number of aliphatic hydroxyl groups excluding tert-OH is 1. The Bertz CT molecular complexity index is 1090. The third-order valence-corrected chi connectivity index (χ3v) is 6.16. The lowest BCUT2D eigenvalue weighted by molar-refractivity contribution is -0.139. The van der Waals surface area contributed by atoms with Crippen molar-refractivity contribution in [2.75, 3.05) is 48.0 Å². The fourth-order valence-corrected chi connectivity index (χ4v) is 4.24. The minimum atomic E-state index is -0.757. The molecule has 1 N–H and O–H groups in total. The van der Waals surface area contributed by atoms with Crippen molar-refractivity contribution in [2.45, 2.75) is 32.2 Å². The third kappa shape index (κ3) is 5.99. The van der Waals surface area contributed by atoms with Crippen LogP contribution in [0.4, 0.5) is 0 Å². The molecule has 1 heterocycles. The molecule has 36 heavy (non-hydrogen) atoms. The van der Waals surface area contributed by atoms with Gasteiger partial charge in [0.1, 0.15) is 11.5 Å². The second-order valence-electron chi connectivity index (χ2n) is 8.99. The molecule has 1 fully saturated rings. The third-order valence-electron chi connectivity index (χ3n) is 6.16. The number of ketones is 1. The Morgan fingerprint density at radius 3 is 2.31 bits per heavy atom. The Balaban J connectivity index is 2.04. The van der Waals surface area contributed by atoms with Crippen LogP contribution in [0.25, 0.3) is 5.76 Å². The van der Waals surface area contributed by atoms with Crippen LogP contribution >= 0.6 is 0 Å². The number of ether oxygens (including phenoxy) is 3. The van der Waals surface area contributed by atoms with Gasteiger partial charge >= 0.3 is 0 Å². The molecule has 0 bridgehead atoms. The van der Waals surface area contributed by atoms with Crippen LogP contribution in [0.15, 0.2) is 48.0 Å². The molecular weight excluding hydrogens is 460 g/mol. The van der Waals surface area contributed by atoms with Gasteiger partial charge in [0.2, 0.25) is 0 Å². The highest BCUT2D eigenvalue weighted by Crippen LogP contribution is 2.42. The molecule has 8 heteroatoms. The topological polar surface area (TPSA) is 88.5 Å². The van der Waals surface area contributed by atoms with Gasteiger partial charge in [0, 0.05) is 12.1 Å². The van der Waals surface area contributed by atoms with Crippen molar-refractivity contribution < 1.29 is 28.9 Å². The van der Waals surface area contributed by atoms with Crippen molar-refractivity contribution in [2.24, 2.45) is 0 Å². The maximum Gasteiger partial charge on any atom is 0.295 e. The van der Waals surface area contributed by atoms with E-state index >= 15 is 0 Å². The maximum absolute atomic E-state index is 13.2. The first kappa shape index (κ1) is 27.1. The SMILES string of the molecule is CCCCOc1ccc(C(O)=C2C(=O)C(=O)N(CCCN(C)C)[C@@H]2c2ccc(OC)c(OC)c2)cc1. The van der Waals surface area contributed by atoms with Gasteiger partial charge in [-0.1, -0.05) is 19.4 Å². The monoisotopic (exact) mass is 496 g/mol. The fourth-order valence-electron chi connectivity index (χ4n) is 4.24. The molecule has 3 rings (SSSR count). The van der Waals surface area contributed by atoms with E-state index in [1.807, 2.05) is 19.0 Å². The normalized spacial score (nSPS) is 17.1. The molecule has 1 saturated heterocycles. The standard InChI is InChI=1S/C28H36N2O6/c1-6-7-17-36-21-12-9-19(10-13-21)26(31)24-25(20-11-14-22(34-4)23(18-20)35-5)30(28(33)27(24)32)16-8-15-29(2)3/h9-14,18,25,31H,6-8,15-17H2,1-5H3/t25-/m1/s1. The molecule has 0 aliphatic carbocycles. The average molecular weight is 497 g/mol. The molecule has 1 aliphatic rings. The molecule has 0 spiro atoms. The van der Waals surface area contributed by atoms with Gasteiger partial charge < -0.3 is 29.1 Å². The van der Waals surface area contributed by atoms with E-state index in [9.17, 15) is 14.7 Å². The highest BCUT2D eigenvalue weighted by atomic mass is 16.5. The van der Waals surface area contributed by atoms with Gasteiger partial charge in [0.25, 0.3) is 11.7 Å². The Labute approximate surface area is 213 Å². The summed E-state index contributed by atoms with van der Waals surface area (Å²) in [5.41, 5.74) is 1.14. The van der Waals surface area contributed by atoms with E-state index < -0.39 is 17.7 Å². The number of unbranched alkanes of at least 4 members (excludes halogenated alkanes) is 1. The molecule has 2 aromatic carbocycles. The van der Waals surface area contributed by atoms with Crippen molar-refractivity contribution >= 4 is 17.4 Å². The van der Waals surface area contributed by atoms with E-state index in [-0.39, 0.29) is 11.3 Å². The number of benzene rings is 2. The van der Waals surface area contributed by atoms with Gasteiger partial charge in [-0.3, -0.25) is 9.59 Å². The van der Waals surface area contributed by atoms with Gasteiger partial charge in [0.05, 0.1) is 32.4 Å². The van der Waals surface area contributed by atoms with E-state index in [1.165, 1.54) is 12.0 Å². The van der Waals surface area contributed by atoms with Gasteiger partial charge in [-0.2, -0.15) is 0 Å². The minimum Gasteiger partial charge on any atom is -0.507 e. The second-order valence-corrected chi connectivity index (χ2v) is 8.99. The van der Waals surface area contributed by atoms with E-state index in [2.05, 4.69) is 6.92 Å². The summed E-state index contributed by atoms with van der Waals surface area (Å²) in [4.78, 5) is 29.9. The first-order chi connectivity index (χ1) is 17.3. The summed E-state index contributed by atoms with van der Waals surface area (Å²) >= 11 is 0. The van der Waals surface area contributed by atoms with Crippen LogP contribution in [-0.2, 0) is 9.59 Å². The summed E-state index contributed by atoms with van der Waals surface area (Å²) in [5, 5.41) is 11.3. The first-order valence-electron chi connectivity index (χ1n) is 12.2. The molecule has 1 amide bonds. The number of carbonyl (C=O) groups excluding carboxylic acids is 2. The van der Waals surface area contributed by atoms with E-state index in [0.29, 0.717) is 47.9 Å². The van der Waals surface area contributed by atoms with Crippen molar-refractivity contribution in [3.8, 4) is 17.2 Å². The molecule has 1 aliphatic heterocycles. The fraction of sp³-hybridized carbons (Fsp3) is 0.429. The van der Waals surface area contributed by atoms with Crippen molar-refractivity contribution in [1.29, 1.82) is 0 Å². The predicted octanol–water partition coefficient (Wildman–Crippen LogP) is 4.26. The van der Waals surface area contributed by atoms with Gasteiger partial charge in [-0.15, -0.1) is 0 Å². The highest BCUT2D eigenvalue weighted by molar-refractivity contribution is 6.46. The lowest BCUT2D eigenvalue weighted by Gasteiger charge is -2.26. The number of nitrogens with zero attached hydrogens (tertiary/aromatic N) is 2. The Kier molecular flexibility index (Phi) is 9.36. The quantitative estimate of drug-likeness (QED) is 0.203. The Morgan fingerprint density at radius 1 is 1.00 bits per heavy atom. The van der Waals surface area contributed by atoms with Crippen molar-refractivity contribution in [1.82, 2.24) is 9.80 Å². The molecule has 0 saturated carbocycles. The van der Waals surface area contributed by atoms with Crippen molar-refractivity contribution in [3.63, 3.8) is 0 Å². The predicted molar refractivity (Wildman–Crippen MR) is 139 cm³/mol. The first-order valence-corrected chi connectivity index (χ1v) is 12.2. The van der Waals surface area contributed by atoms with Crippen LogP contribution in [-0.4, -0.2) is 74.6 Å². The summed E-state index contributed by atoms with van der Waals surface area (Å²) in [6.07, 6.45) is 2.65. The summed E-state index contributed by atoms with van der Waals surface area (Å²) in [5.74, 6) is 0.130. The number of methoxy groups -OCH3 is 2. The molecule has 194 valence electrons. The van der Waals surface area contributed by atoms with Crippen LogP contribution in [0, 0.1) is 0 Å². The van der Waals surface area contributed by atoms with E-state index in [1.54, 1.807) is 49.6 Å². The van der Waals surface area contributed by atoms with Gasteiger partial charge in [-0.25, -0.2) is 0 Å². The van der Waals surface area contributed by atoms with Gasteiger partial charge in [0.15, 0.2) is 11.5 Å². The molecule has 0 unspecified atom stereocenters. The number of likely N-dealkylation sites (tertiary alicyclic amines) is 1. The van der Waals surface area contributed by atoms with Crippen LogP contribution in [0.5, 0.6) is 17.2 Å². The lowest BCUT2D eigenvalue weighted by atomic mass is 9.95. The highest BCUT2D eigenvalue weighted by Gasteiger charge is 2.46. The number of hydrogen-bond acceptors (Lipinski definition) is 7. The number of rotatable bonds is 12. The molecule has 0 radical (unpaired) electrons. The van der Waals surface area contributed by atoms with E-state index in [4.69, 9.17) is 14.2 Å². The molecule has 0 aromatic heterocycles. The lowest BCUT2D eigenvalue weighted by Crippen LogP contribution is -2.32. The summed E-state index contributed by atoms with van der Waals surface area (Å²) in [6.45, 7) is 3.82. The van der Waals surface area contributed by atoms with Crippen LogP contribution in [0.3, 0.4) is 0 Å². The smallest absolute Gasteiger partial charge is 0.295 e. The summed E-state index contributed by atoms with van der Waals surface area (Å²) < 4.78 is 16.5. The number of Topliss-reactive ketones (excluding diaryl/α,β-unsaturated/α-hetero) is 1. The zero-order valence-electron chi connectivity index (χ0n) is 21.7. The van der Waals surface area contributed by atoms with Crippen LogP contribution in [0.1, 0.15) is 43.4 Å². The maximum atomic E-state index is 13.2. The Hall–Kier alpha value is -3.52. The number of aliphatic hydroxyl groups is 1. The second kappa shape index (κ2) is 12.4. The summed E-state index contributed by atoms with van der Waals surface area (Å²) in [6, 6.07) is 11.4.